The summed E-state index contributed by atoms with van der Waals surface area (Å²) in [5.41, 5.74) is 0. The molecule has 0 aliphatic carbocycles. The third-order valence-corrected chi connectivity index (χ3v) is 11.1. The zero-order valence-corrected chi connectivity index (χ0v) is 15.3. The number of hydrogen-bond donors (Lipinski definition) is 0. The average molecular weight is 309 g/mol. The molecule has 0 unspecified atom stereocenters. The van der Waals surface area contributed by atoms with Crippen LogP contribution in [-0.2, 0) is 0 Å². The topological polar surface area (TPSA) is 15.6 Å². The normalized spacial score (nSPS) is 11.6. The van der Waals surface area contributed by atoms with Crippen molar-refractivity contribution < 1.29 is 0 Å². The minimum atomic E-state index is -1.25. The van der Waals surface area contributed by atoms with E-state index in [4.69, 9.17) is 0 Å². The number of hydrogen-bond acceptors (Lipinski definition) is 2. The van der Waals surface area contributed by atoms with Crippen molar-refractivity contribution in [3.8, 4) is 0 Å². The fraction of sp³-hybridized carbons (Fsp3) is 0.800. The van der Waals surface area contributed by atoms with Crippen LogP contribution in [0.5, 0.6) is 0 Å². The van der Waals surface area contributed by atoms with Crippen molar-refractivity contribution >= 4 is 22.7 Å². The minimum absolute atomic E-state index is 0.951. The van der Waals surface area contributed by atoms with Crippen molar-refractivity contribution in [3.63, 3.8) is 0 Å². The van der Waals surface area contributed by atoms with Gasteiger partial charge in [0.05, 0.1) is 0 Å². The quantitative estimate of drug-likeness (QED) is 0.405. The monoisotopic (exact) mass is 308 g/mol. The van der Waals surface area contributed by atoms with E-state index in [1.807, 2.05) is 6.21 Å². The van der Waals surface area contributed by atoms with Gasteiger partial charge in [-0.05, 0) is 0 Å². The van der Waals surface area contributed by atoms with Crippen LogP contribution in [-0.4, -0.2) is 39.4 Å². The van der Waals surface area contributed by atoms with Crippen LogP contribution < -0.4 is 0 Å². The summed E-state index contributed by atoms with van der Waals surface area (Å²) >= 11 is -1.25. The maximum atomic E-state index is 4.36. The zero-order valence-electron chi connectivity index (χ0n) is 12.9. The Hall–Kier alpha value is -0.154. The SMILES string of the molecule is CCCN=C/C=C\[N](CCC)[Ga]([CH2]CC)[CH2]CC. The molecule has 0 aliphatic heterocycles. The standard InChI is InChI=1S/C9H17N2.2C3H7.Ga/c1-3-6-10-8-5-9-11-7-4-2;2*1-3-2;/h5,8-9H,3-4,6-7H2,1-2H3;2*1,3H2,2H3;/q-1;;;+1/b8-5-,11-9?;;;. The maximum absolute atomic E-state index is 4.36. The van der Waals surface area contributed by atoms with Gasteiger partial charge in [-0.1, -0.05) is 0 Å². The predicted octanol–water partition coefficient (Wildman–Crippen LogP) is 4.50. The van der Waals surface area contributed by atoms with Crippen LogP contribution in [0.15, 0.2) is 17.3 Å². The molecule has 0 aromatic carbocycles. The molecule has 0 aliphatic rings. The molecule has 0 bridgehead atoms. The Morgan fingerprint density at radius 2 is 1.61 bits per heavy atom. The molecule has 0 rings (SSSR count). The van der Waals surface area contributed by atoms with Crippen molar-refractivity contribution in [2.75, 3.05) is 13.1 Å². The summed E-state index contributed by atoms with van der Waals surface area (Å²) in [6.07, 6.45) is 11.5. The molecule has 0 saturated heterocycles. The first-order chi connectivity index (χ1) is 8.79. The zero-order chi connectivity index (χ0) is 13.6. The fourth-order valence-electron chi connectivity index (χ4n) is 2.19. The number of rotatable bonds is 11. The third-order valence-electron chi connectivity index (χ3n) is 3.02. The summed E-state index contributed by atoms with van der Waals surface area (Å²) in [6.45, 7) is 11.3. The van der Waals surface area contributed by atoms with Gasteiger partial charge in [-0.2, -0.15) is 0 Å². The van der Waals surface area contributed by atoms with Crippen LogP contribution in [0.1, 0.15) is 53.4 Å². The van der Waals surface area contributed by atoms with Gasteiger partial charge in [0.25, 0.3) is 0 Å². The summed E-state index contributed by atoms with van der Waals surface area (Å²) in [7, 11) is 0. The first kappa shape index (κ1) is 17.8. The molecule has 0 N–H and O–H groups in total. The second-order valence-electron chi connectivity index (χ2n) is 4.87. The number of allylic oxidation sites excluding steroid dienone is 1. The molecular weight excluding hydrogens is 278 g/mol. The molecule has 0 spiro atoms. The first-order valence-corrected chi connectivity index (χ1v) is 12.2. The Balaban J connectivity index is 4.39. The van der Waals surface area contributed by atoms with Gasteiger partial charge in [-0.25, -0.2) is 0 Å². The molecule has 104 valence electrons. The fourth-order valence-corrected chi connectivity index (χ4v) is 9.01. The van der Waals surface area contributed by atoms with Gasteiger partial charge in [0, 0.05) is 0 Å². The molecule has 0 heterocycles. The van der Waals surface area contributed by atoms with Crippen LogP contribution in [0.2, 0.25) is 9.95 Å². The summed E-state index contributed by atoms with van der Waals surface area (Å²) in [4.78, 5) is 7.32. The van der Waals surface area contributed by atoms with Crippen molar-refractivity contribution in [1.29, 1.82) is 0 Å². The second kappa shape index (κ2) is 13.3. The summed E-state index contributed by atoms with van der Waals surface area (Å²) in [5, 5.41) is 0. The van der Waals surface area contributed by atoms with Gasteiger partial charge in [-0.15, -0.1) is 0 Å². The van der Waals surface area contributed by atoms with E-state index in [-0.39, 0.29) is 0 Å². The predicted molar refractivity (Wildman–Crippen MR) is 85.7 cm³/mol. The van der Waals surface area contributed by atoms with E-state index in [0.29, 0.717) is 0 Å². The van der Waals surface area contributed by atoms with Gasteiger partial charge in [0.1, 0.15) is 0 Å². The Kier molecular flexibility index (Phi) is 13.2. The van der Waals surface area contributed by atoms with E-state index in [1.165, 1.54) is 35.8 Å². The molecule has 0 radical (unpaired) electrons. The van der Waals surface area contributed by atoms with Crippen molar-refractivity contribution in [2.45, 2.75) is 63.3 Å². The van der Waals surface area contributed by atoms with E-state index in [2.05, 4.69) is 48.6 Å². The van der Waals surface area contributed by atoms with E-state index >= 15 is 0 Å². The summed E-state index contributed by atoms with van der Waals surface area (Å²) in [6, 6.07) is 0. The molecule has 2 nitrogen and oxygen atoms in total. The van der Waals surface area contributed by atoms with Crippen LogP contribution >= 0.6 is 0 Å². The molecular formula is C15H31GaN2. The Bertz CT molecular complexity index is 221. The molecule has 0 amide bonds. The molecule has 0 fully saturated rings. The Morgan fingerprint density at radius 1 is 0.944 bits per heavy atom. The first-order valence-electron chi connectivity index (χ1n) is 7.72. The van der Waals surface area contributed by atoms with Crippen molar-refractivity contribution in [1.82, 2.24) is 3.61 Å². The van der Waals surface area contributed by atoms with Gasteiger partial charge < -0.3 is 0 Å². The Morgan fingerprint density at radius 3 is 2.11 bits per heavy atom. The molecule has 0 atom stereocenters. The van der Waals surface area contributed by atoms with Crippen molar-refractivity contribution in [2.24, 2.45) is 4.99 Å². The van der Waals surface area contributed by atoms with Gasteiger partial charge >= 0.3 is 120 Å². The summed E-state index contributed by atoms with van der Waals surface area (Å²) < 4.78 is 2.69. The molecule has 3 heteroatoms. The van der Waals surface area contributed by atoms with E-state index in [1.54, 1.807) is 0 Å². The molecule has 0 saturated carbocycles. The van der Waals surface area contributed by atoms with Crippen LogP contribution in [0, 0.1) is 0 Å². The molecule has 18 heavy (non-hydrogen) atoms. The van der Waals surface area contributed by atoms with Crippen LogP contribution in [0.3, 0.4) is 0 Å². The van der Waals surface area contributed by atoms with E-state index < -0.39 is 16.5 Å². The Labute approximate surface area is 120 Å². The third kappa shape index (κ3) is 8.87. The van der Waals surface area contributed by atoms with Gasteiger partial charge in [0.15, 0.2) is 0 Å². The number of nitrogens with zero attached hydrogens (tertiary/aromatic N) is 2. The van der Waals surface area contributed by atoms with E-state index in [9.17, 15) is 0 Å². The summed E-state index contributed by atoms with van der Waals surface area (Å²) in [5.74, 6) is 0. The van der Waals surface area contributed by atoms with Gasteiger partial charge in [0.2, 0.25) is 0 Å². The second-order valence-corrected chi connectivity index (χ2v) is 11.4. The van der Waals surface area contributed by atoms with E-state index in [0.717, 1.165) is 13.0 Å². The number of aliphatic imine (C=N–C) groups is 1. The molecule has 0 aromatic heterocycles. The average Bonchev–Trinajstić information content (AvgIpc) is 2.37. The molecule has 0 aromatic rings. The van der Waals surface area contributed by atoms with Gasteiger partial charge in [-0.3, -0.25) is 0 Å². The van der Waals surface area contributed by atoms with Crippen LogP contribution in [0.4, 0.5) is 0 Å². The van der Waals surface area contributed by atoms with Crippen LogP contribution in [0.25, 0.3) is 0 Å². The van der Waals surface area contributed by atoms with Crippen molar-refractivity contribution in [3.05, 3.63) is 12.3 Å².